The highest BCUT2D eigenvalue weighted by Crippen LogP contribution is 2.22. The van der Waals surface area contributed by atoms with Crippen LogP contribution in [-0.2, 0) is 6.42 Å². The van der Waals surface area contributed by atoms with Crippen molar-refractivity contribution in [3.8, 4) is 0 Å². The molecule has 1 atom stereocenters. The normalized spacial score (nSPS) is 17.9. The Labute approximate surface area is 123 Å². The molecule has 0 aliphatic carbocycles. The number of carbonyl (C=O) groups is 1. The molecule has 3 rings (SSSR count). The van der Waals surface area contributed by atoms with Crippen LogP contribution >= 0.6 is 0 Å². The van der Waals surface area contributed by atoms with Gasteiger partial charge in [0.15, 0.2) is 11.5 Å². The molecule has 0 bridgehead atoms. The van der Waals surface area contributed by atoms with Gasteiger partial charge in [-0.1, -0.05) is 30.3 Å². The van der Waals surface area contributed by atoms with E-state index in [1.54, 1.807) is 0 Å². The van der Waals surface area contributed by atoms with Crippen molar-refractivity contribution in [1.29, 1.82) is 0 Å². The molecular weight excluding hydrogens is 264 g/mol. The van der Waals surface area contributed by atoms with Crippen LogP contribution in [0.5, 0.6) is 0 Å². The molecule has 108 valence electrons. The molecule has 1 aromatic carbocycles. The predicted molar refractivity (Wildman–Crippen MR) is 80.6 cm³/mol. The lowest BCUT2D eigenvalue weighted by Gasteiger charge is -2.16. The van der Waals surface area contributed by atoms with Crippen molar-refractivity contribution in [3.63, 3.8) is 0 Å². The zero-order valence-electron chi connectivity index (χ0n) is 11.8. The summed E-state index contributed by atoms with van der Waals surface area (Å²) >= 11 is 0. The van der Waals surface area contributed by atoms with Crippen LogP contribution in [-0.4, -0.2) is 33.9 Å². The second-order valence-electron chi connectivity index (χ2n) is 5.39. The molecule has 2 N–H and O–H groups in total. The van der Waals surface area contributed by atoms with Gasteiger partial charge < -0.3 is 10.6 Å². The highest BCUT2D eigenvalue weighted by Gasteiger charge is 2.28. The van der Waals surface area contributed by atoms with Gasteiger partial charge in [0.25, 0.3) is 5.91 Å². The van der Waals surface area contributed by atoms with Crippen LogP contribution in [0, 0.1) is 5.92 Å². The number of nitrogen functional groups attached to an aromatic ring is 1. The third kappa shape index (κ3) is 3.02. The Hall–Kier alpha value is -2.43. The second kappa shape index (κ2) is 5.91. The van der Waals surface area contributed by atoms with Crippen molar-refractivity contribution in [3.05, 3.63) is 54.0 Å². The van der Waals surface area contributed by atoms with E-state index in [0.717, 1.165) is 25.9 Å². The number of nitrogens with two attached hydrogens (primary N) is 1. The van der Waals surface area contributed by atoms with E-state index in [-0.39, 0.29) is 17.4 Å². The zero-order valence-corrected chi connectivity index (χ0v) is 11.8. The summed E-state index contributed by atoms with van der Waals surface area (Å²) in [6.07, 6.45) is 5.01. The van der Waals surface area contributed by atoms with Gasteiger partial charge in [0, 0.05) is 25.5 Å². The van der Waals surface area contributed by atoms with E-state index < -0.39 is 0 Å². The Morgan fingerprint density at radius 1 is 1.24 bits per heavy atom. The van der Waals surface area contributed by atoms with E-state index in [1.807, 2.05) is 23.1 Å². The largest absolute Gasteiger partial charge is 0.382 e. The van der Waals surface area contributed by atoms with Gasteiger partial charge >= 0.3 is 0 Å². The first-order valence-electron chi connectivity index (χ1n) is 7.13. The van der Waals surface area contributed by atoms with E-state index in [0.29, 0.717) is 5.92 Å². The van der Waals surface area contributed by atoms with E-state index >= 15 is 0 Å². The predicted octanol–water partition coefficient (Wildman–Crippen LogP) is 1.76. The summed E-state index contributed by atoms with van der Waals surface area (Å²) in [5.74, 6) is 0.583. The summed E-state index contributed by atoms with van der Waals surface area (Å²) in [5.41, 5.74) is 7.30. The van der Waals surface area contributed by atoms with Crippen molar-refractivity contribution in [2.24, 2.45) is 5.92 Å². The number of rotatable bonds is 3. The fourth-order valence-electron chi connectivity index (χ4n) is 2.79. The lowest BCUT2D eigenvalue weighted by Crippen LogP contribution is -2.30. The van der Waals surface area contributed by atoms with Crippen LogP contribution < -0.4 is 5.73 Å². The number of amides is 1. The summed E-state index contributed by atoms with van der Waals surface area (Å²) in [4.78, 5) is 22.2. The van der Waals surface area contributed by atoms with Crippen LogP contribution in [0.4, 0.5) is 5.82 Å². The summed E-state index contributed by atoms with van der Waals surface area (Å²) in [6.45, 7) is 1.51. The molecule has 1 aliphatic heterocycles. The van der Waals surface area contributed by atoms with E-state index in [4.69, 9.17) is 5.73 Å². The Kier molecular flexibility index (Phi) is 3.81. The van der Waals surface area contributed by atoms with Crippen LogP contribution in [0.3, 0.4) is 0 Å². The van der Waals surface area contributed by atoms with E-state index in [1.165, 1.54) is 18.0 Å². The van der Waals surface area contributed by atoms with E-state index in [2.05, 4.69) is 22.1 Å². The summed E-state index contributed by atoms with van der Waals surface area (Å²) in [7, 11) is 0. The fourth-order valence-corrected chi connectivity index (χ4v) is 2.79. The number of anilines is 1. The molecule has 0 spiro atoms. The number of likely N-dealkylation sites (tertiary alicyclic amines) is 1. The monoisotopic (exact) mass is 282 g/mol. The zero-order chi connectivity index (χ0) is 14.7. The maximum Gasteiger partial charge on any atom is 0.276 e. The van der Waals surface area contributed by atoms with Gasteiger partial charge in [-0.15, -0.1) is 0 Å². The third-order valence-corrected chi connectivity index (χ3v) is 3.87. The Balaban J connectivity index is 1.65. The molecule has 1 aromatic heterocycles. The number of hydrogen-bond donors (Lipinski definition) is 1. The molecule has 5 nitrogen and oxygen atoms in total. The van der Waals surface area contributed by atoms with Gasteiger partial charge in [-0.2, -0.15) is 0 Å². The number of hydrogen-bond acceptors (Lipinski definition) is 4. The minimum Gasteiger partial charge on any atom is -0.382 e. The molecule has 2 heterocycles. The first kappa shape index (κ1) is 13.5. The summed E-state index contributed by atoms with van der Waals surface area (Å²) in [6, 6.07) is 10.4. The third-order valence-electron chi connectivity index (χ3n) is 3.87. The molecule has 1 aliphatic rings. The molecule has 1 unspecified atom stereocenters. The van der Waals surface area contributed by atoms with Gasteiger partial charge in [0.05, 0.1) is 0 Å². The smallest absolute Gasteiger partial charge is 0.276 e. The van der Waals surface area contributed by atoms with Crippen molar-refractivity contribution >= 4 is 11.7 Å². The SMILES string of the molecule is Nc1nccnc1C(=O)N1CCC(Cc2ccccc2)C1. The first-order chi connectivity index (χ1) is 10.2. The first-order valence-corrected chi connectivity index (χ1v) is 7.13. The number of carbonyl (C=O) groups excluding carboxylic acids is 1. The van der Waals surface area contributed by atoms with Gasteiger partial charge in [0.2, 0.25) is 0 Å². The van der Waals surface area contributed by atoms with Crippen LogP contribution in [0.15, 0.2) is 42.7 Å². The second-order valence-corrected chi connectivity index (χ2v) is 5.39. The summed E-state index contributed by atoms with van der Waals surface area (Å²) in [5, 5.41) is 0. The standard InChI is InChI=1S/C16H18N4O/c17-15-14(18-7-8-19-15)16(21)20-9-6-13(11-20)10-12-4-2-1-3-5-12/h1-5,7-8,13H,6,9-11H2,(H2,17,19). The molecular formula is C16H18N4O. The molecule has 21 heavy (non-hydrogen) atoms. The molecule has 1 fully saturated rings. The Morgan fingerprint density at radius 2 is 2.00 bits per heavy atom. The van der Waals surface area contributed by atoms with Gasteiger partial charge in [-0.05, 0) is 24.3 Å². The quantitative estimate of drug-likeness (QED) is 0.931. The highest BCUT2D eigenvalue weighted by atomic mass is 16.2. The van der Waals surface area contributed by atoms with Gasteiger partial charge in [-0.25, -0.2) is 9.97 Å². The van der Waals surface area contributed by atoms with Crippen molar-refractivity contribution < 1.29 is 4.79 Å². The minimum atomic E-state index is -0.115. The lowest BCUT2D eigenvalue weighted by atomic mass is 9.99. The molecule has 1 amide bonds. The van der Waals surface area contributed by atoms with Gasteiger partial charge in [0.1, 0.15) is 0 Å². The van der Waals surface area contributed by atoms with Crippen molar-refractivity contribution in [2.45, 2.75) is 12.8 Å². The number of benzene rings is 1. The topological polar surface area (TPSA) is 72.1 Å². The summed E-state index contributed by atoms with van der Waals surface area (Å²) < 4.78 is 0. The van der Waals surface area contributed by atoms with Crippen LogP contribution in [0.2, 0.25) is 0 Å². The molecule has 0 saturated carbocycles. The maximum atomic E-state index is 12.4. The van der Waals surface area contributed by atoms with Crippen LogP contribution in [0.25, 0.3) is 0 Å². The molecule has 1 saturated heterocycles. The molecule has 2 aromatic rings. The fraction of sp³-hybridized carbons (Fsp3) is 0.312. The Morgan fingerprint density at radius 3 is 2.76 bits per heavy atom. The highest BCUT2D eigenvalue weighted by molar-refractivity contribution is 5.96. The Bertz CT molecular complexity index is 629. The number of aromatic nitrogens is 2. The average molecular weight is 282 g/mol. The lowest BCUT2D eigenvalue weighted by molar-refractivity contribution is 0.0782. The van der Waals surface area contributed by atoms with Crippen molar-refractivity contribution in [1.82, 2.24) is 14.9 Å². The molecule has 0 radical (unpaired) electrons. The minimum absolute atomic E-state index is 0.115. The molecule has 5 heteroatoms. The average Bonchev–Trinajstić information content (AvgIpc) is 2.97. The van der Waals surface area contributed by atoms with Crippen LogP contribution in [0.1, 0.15) is 22.5 Å². The van der Waals surface area contributed by atoms with E-state index in [9.17, 15) is 4.79 Å². The number of nitrogens with zero attached hydrogens (tertiary/aromatic N) is 3. The maximum absolute atomic E-state index is 12.4. The van der Waals surface area contributed by atoms with Crippen molar-refractivity contribution in [2.75, 3.05) is 18.8 Å². The van der Waals surface area contributed by atoms with Gasteiger partial charge in [-0.3, -0.25) is 4.79 Å².